The van der Waals surface area contributed by atoms with Crippen LogP contribution in [0.2, 0.25) is 0 Å². The van der Waals surface area contributed by atoms with Crippen LogP contribution in [-0.2, 0) is 19.1 Å². The first-order valence-electron chi connectivity index (χ1n) is 18.2. The van der Waals surface area contributed by atoms with Gasteiger partial charge in [0.05, 0.1) is 48.7 Å². The quantitative estimate of drug-likeness (QED) is 0.102. The van der Waals surface area contributed by atoms with Crippen molar-refractivity contribution in [3.8, 4) is 33.9 Å². The van der Waals surface area contributed by atoms with E-state index in [2.05, 4.69) is 40.8 Å². The lowest BCUT2D eigenvalue weighted by Crippen LogP contribution is -2.41. The maximum Gasteiger partial charge on any atom is 0.407 e. The second kappa shape index (κ2) is 17.0. The van der Waals surface area contributed by atoms with Crippen molar-refractivity contribution in [1.29, 1.82) is 0 Å². The van der Waals surface area contributed by atoms with E-state index in [0.29, 0.717) is 52.8 Å². The molecule has 1 fully saturated rings. The molecule has 2 unspecified atom stereocenters. The standard InChI is InChI=1S/C41H40N10O6/c1-24(45-38(52)34(48-41(55)56-2)27-10-5-3-6-11-27)36-43-22-31(46-36)26-17-15-25(16-18-26)29-19-20-30(50-49-29)32-23-44-37(47-32)33-14-9-21-51(33)39(53)35(57-40(42)54)28-12-7-4-8-13-28/h3-8,10-13,15-20,22-24,33-35H,9,14,21H2,1-2H3,(H2,42,54)(H,43,46)(H,44,47)(H,45,52)(H,48,55)/t24?,33-,34?,35+/m0/s1. The van der Waals surface area contributed by atoms with Crippen LogP contribution in [0.3, 0.4) is 0 Å². The lowest BCUT2D eigenvalue weighted by atomic mass is 10.1. The van der Waals surface area contributed by atoms with Gasteiger partial charge in [-0.25, -0.2) is 19.6 Å². The molecule has 0 saturated carbocycles. The average Bonchev–Trinajstić information content (AvgIpc) is 4.04. The number of carbonyl (C=O) groups excluding carboxylic acids is 4. The number of alkyl carbamates (subject to hydrolysis) is 1. The van der Waals surface area contributed by atoms with E-state index in [1.807, 2.05) is 48.5 Å². The van der Waals surface area contributed by atoms with Gasteiger partial charge in [0.15, 0.2) is 0 Å². The van der Waals surface area contributed by atoms with Crippen molar-refractivity contribution >= 4 is 24.0 Å². The Labute approximate surface area is 327 Å². The van der Waals surface area contributed by atoms with Gasteiger partial charge >= 0.3 is 12.2 Å². The molecule has 4 amide bonds. The maximum absolute atomic E-state index is 13.7. The maximum atomic E-state index is 13.7. The molecule has 3 aromatic carbocycles. The predicted octanol–water partition coefficient (Wildman–Crippen LogP) is 5.70. The molecular weight excluding hydrogens is 729 g/mol. The molecule has 4 atom stereocenters. The van der Waals surface area contributed by atoms with E-state index in [9.17, 15) is 19.2 Å². The Morgan fingerprint density at radius 1 is 0.789 bits per heavy atom. The van der Waals surface area contributed by atoms with Crippen LogP contribution < -0.4 is 16.4 Å². The highest BCUT2D eigenvalue weighted by molar-refractivity contribution is 5.87. The smallest absolute Gasteiger partial charge is 0.407 e. The van der Waals surface area contributed by atoms with Gasteiger partial charge in [-0.15, -0.1) is 10.2 Å². The Bertz CT molecular complexity index is 2330. The number of hydrogen-bond donors (Lipinski definition) is 5. The number of likely N-dealkylation sites (tertiary alicyclic amines) is 1. The minimum absolute atomic E-state index is 0.352. The normalized spacial score (nSPS) is 15.3. The number of aromatic nitrogens is 6. The molecule has 0 aliphatic carbocycles. The van der Waals surface area contributed by atoms with Crippen LogP contribution in [0.25, 0.3) is 33.9 Å². The summed E-state index contributed by atoms with van der Waals surface area (Å²) in [5, 5.41) is 14.4. The Hall–Kier alpha value is -7.36. The first kappa shape index (κ1) is 37.9. The number of ether oxygens (including phenoxy) is 2. The van der Waals surface area contributed by atoms with Gasteiger partial charge < -0.3 is 40.7 Å². The van der Waals surface area contributed by atoms with Crippen molar-refractivity contribution < 1.29 is 28.7 Å². The summed E-state index contributed by atoms with van der Waals surface area (Å²) in [4.78, 5) is 67.9. The van der Waals surface area contributed by atoms with E-state index >= 15 is 0 Å². The number of nitrogens with zero attached hydrogens (tertiary/aromatic N) is 5. The lowest BCUT2D eigenvalue weighted by Gasteiger charge is -2.27. The van der Waals surface area contributed by atoms with Crippen LogP contribution in [0.4, 0.5) is 9.59 Å². The summed E-state index contributed by atoms with van der Waals surface area (Å²) in [7, 11) is 1.24. The van der Waals surface area contributed by atoms with Crippen LogP contribution in [-0.4, -0.2) is 72.7 Å². The molecule has 290 valence electrons. The number of H-pyrrole nitrogens is 2. The number of nitrogens with two attached hydrogens (primary N) is 1. The molecule has 6 aromatic rings. The molecule has 0 radical (unpaired) electrons. The van der Waals surface area contributed by atoms with Crippen LogP contribution in [0, 0.1) is 0 Å². The zero-order chi connectivity index (χ0) is 39.9. The van der Waals surface area contributed by atoms with Crippen molar-refractivity contribution in [2.45, 2.75) is 44.0 Å². The van der Waals surface area contributed by atoms with Crippen LogP contribution >= 0.6 is 0 Å². The average molecular weight is 769 g/mol. The van der Waals surface area contributed by atoms with Gasteiger partial charge in [0.1, 0.15) is 23.4 Å². The van der Waals surface area contributed by atoms with Crippen LogP contribution in [0.5, 0.6) is 0 Å². The summed E-state index contributed by atoms with van der Waals surface area (Å²) < 4.78 is 9.99. The largest absolute Gasteiger partial charge is 0.453 e. The third kappa shape index (κ3) is 8.64. The summed E-state index contributed by atoms with van der Waals surface area (Å²) in [6.07, 6.45) is 1.87. The second-order valence-corrected chi connectivity index (χ2v) is 13.4. The molecule has 3 aromatic heterocycles. The van der Waals surface area contributed by atoms with Gasteiger partial charge in [0.2, 0.25) is 12.0 Å². The van der Waals surface area contributed by atoms with E-state index in [4.69, 9.17) is 15.2 Å². The van der Waals surface area contributed by atoms with Crippen molar-refractivity contribution in [2.75, 3.05) is 13.7 Å². The molecule has 1 aliphatic rings. The van der Waals surface area contributed by atoms with Crippen molar-refractivity contribution in [3.05, 3.63) is 132 Å². The van der Waals surface area contributed by atoms with Gasteiger partial charge in [0, 0.05) is 17.7 Å². The van der Waals surface area contributed by atoms with Crippen molar-refractivity contribution in [2.24, 2.45) is 5.73 Å². The Balaban J connectivity index is 0.990. The summed E-state index contributed by atoms with van der Waals surface area (Å²) in [5.74, 6) is 0.343. The van der Waals surface area contributed by atoms with Gasteiger partial charge in [0.25, 0.3) is 5.91 Å². The fourth-order valence-electron chi connectivity index (χ4n) is 6.75. The molecule has 16 nitrogen and oxygen atoms in total. The molecule has 7 rings (SSSR count). The Kier molecular flexibility index (Phi) is 11.3. The number of methoxy groups -OCH3 is 1. The monoisotopic (exact) mass is 768 g/mol. The molecule has 16 heteroatoms. The molecule has 4 heterocycles. The number of imidazole rings is 2. The molecule has 1 aliphatic heterocycles. The SMILES string of the molecule is COC(=O)NC(C(=O)NC(C)c1ncc(-c2ccc(-c3ccc(-c4cnc([C@@H]5CCCN5C(=O)[C@H](OC(N)=O)c5ccccc5)[nH]4)nn3)cc2)[nH]1)c1ccccc1. The minimum atomic E-state index is -1.16. The van der Waals surface area contributed by atoms with Gasteiger partial charge in [-0.2, -0.15) is 0 Å². The zero-order valence-corrected chi connectivity index (χ0v) is 31.1. The Morgan fingerprint density at radius 2 is 1.44 bits per heavy atom. The summed E-state index contributed by atoms with van der Waals surface area (Å²) in [5.41, 5.74) is 10.8. The van der Waals surface area contributed by atoms with E-state index in [-0.39, 0.29) is 11.9 Å². The number of hydrogen-bond acceptors (Lipinski definition) is 10. The minimum Gasteiger partial charge on any atom is -0.453 e. The highest BCUT2D eigenvalue weighted by Crippen LogP contribution is 2.35. The summed E-state index contributed by atoms with van der Waals surface area (Å²) in [6.45, 7) is 2.27. The highest BCUT2D eigenvalue weighted by Gasteiger charge is 2.38. The molecule has 0 spiro atoms. The number of amides is 4. The van der Waals surface area contributed by atoms with Gasteiger partial charge in [-0.05, 0) is 43.0 Å². The van der Waals surface area contributed by atoms with E-state index in [0.717, 1.165) is 23.2 Å². The Morgan fingerprint density at radius 3 is 2.11 bits per heavy atom. The van der Waals surface area contributed by atoms with Crippen molar-refractivity contribution in [1.82, 2.24) is 45.7 Å². The number of primary amides is 1. The number of rotatable bonds is 12. The summed E-state index contributed by atoms with van der Waals surface area (Å²) in [6, 6.07) is 27.3. The van der Waals surface area contributed by atoms with Gasteiger partial charge in [-0.3, -0.25) is 9.59 Å². The fourth-order valence-corrected chi connectivity index (χ4v) is 6.75. The number of benzene rings is 3. The molecule has 1 saturated heterocycles. The highest BCUT2D eigenvalue weighted by atomic mass is 16.6. The lowest BCUT2D eigenvalue weighted by molar-refractivity contribution is -0.141. The number of carbonyl (C=O) groups is 4. The molecule has 57 heavy (non-hydrogen) atoms. The van der Waals surface area contributed by atoms with Gasteiger partial charge in [-0.1, -0.05) is 84.9 Å². The number of aromatic amines is 2. The third-order valence-corrected chi connectivity index (χ3v) is 9.65. The first-order valence-corrected chi connectivity index (χ1v) is 18.2. The summed E-state index contributed by atoms with van der Waals surface area (Å²) >= 11 is 0. The van der Waals surface area contributed by atoms with E-state index in [1.165, 1.54) is 7.11 Å². The zero-order valence-electron chi connectivity index (χ0n) is 31.1. The fraction of sp³-hybridized carbons (Fsp3) is 0.220. The predicted molar refractivity (Wildman–Crippen MR) is 207 cm³/mol. The number of nitrogens with one attached hydrogen (secondary N) is 4. The molecular formula is C41H40N10O6. The third-order valence-electron chi connectivity index (χ3n) is 9.65. The second-order valence-electron chi connectivity index (χ2n) is 13.4. The van der Waals surface area contributed by atoms with Crippen LogP contribution in [0.15, 0.2) is 109 Å². The molecule has 6 N–H and O–H groups in total. The van der Waals surface area contributed by atoms with E-state index in [1.54, 1.807) is 72.7 Å². The molecule has 0 bridgehead atoms. The topological polar surface area (TPSA) is 223 Å². The van der Waals surface area contributed by atoms with Crippen molar-refractivity contribution in [3.63, 3.8) is 0 Å². The van der Waals surface area contributed by atoms with E-state index < -0.39 is 36.3 Å². The van der Waals surface area contributed by atoms with Crippen LogP contribution in [0.1, 0.15) is 66.8 Å². The first-order chi connectivity index (χ1) is 27.7.